The monoisotopic (exact) mass is 309 g/mol. The second-order valence-corrected chi connectivity index (χ2v) is 7.06. The van der Waals surface area contributed by atoms with E-state index in [4.69, 9.17) is 4.52 Å². The Bertz CT molecular complexity index is 576. The largest absolute Gasteiger partial charge is 0.481 e. The van der Waals surface area contributed by atoms with Crippen molar-refractivity contribution in [2.75, 3.05) is 6.54 Å². The number of carbonyl (C=O) groups is 2. The number of rotatable bonds is 4. The van der Waals surface area contributed by atoms with Crippen LogP contribution in [0.1, 0.15) is 52.0 Å². The van der Waals surface area contributed by atoms with Crippen LogP contribution in [0.5, 0.6) is 0 Å². The molecule has 2 unspecified atom stereocenters. The molecule has 2 amide bonds. The topological polar surface area (TPSA) is 104 Å². The Morgan fingerprint density at radius 2 is 2.14 bits per heavy atom. The molecule has 122 valence electrons. The van der Waals surface area contributed by atoms with Crippen molar-refractivity contribution in [3.63, 3.8) is 0 Å². The van der Waals surface area contributed by atoms with Gasteiger partial charge in [0.05, 0.1) is 12.1 Å². The number of carbonyl (C=O) groups excluding carboxylic acids is 1. The van der Waals surface area contributed by atoms with Gasteiger partial charge in [0, 0.05) is 29.5 Å². The first-order chi connectivity index (χ1) is 10.1. The first kappa shape index (κ1) is 16.3. The smallest absolute Gasteiger partial charge is 0.315 e. The van der Waals surface area contributed by atoms with E-state index in [1.807, 2.05) is 27.7 Å². The molecule has 0 bridgehead atoms. The van der Waals surface area contributed by atoms with Gasteiger partial charge in [0.15, 0.2) is 0 Å². The highest BCUT2D eigenvalue weighted by atomic mass is 16.5. The van der Waals surface area contributed by atoms with Crippen LogP contribution in [0.3, 0.4) is 0 Å². The van der Waals surface area contributed by atoms with Crippen LogP contribution >= 0.6 is 0 Å². The number of nitrogens with one attached hydrogen (secondary N) is 2. The van der Waals surface area contributed by atoms with Crippen molar-refractivity contribution < 1.29 is 19.2 Å². The molecule has 22 heavy (non-hydrogen) atoms. The minimum Gasteiger partial charge on any atom is -0.481 e. The van der Waals surface area contributed by atoms with Crippen molar-refractivity contribution in [1.82, 2.24) is 15.8 Å². The molecule has 7 heteroatoms. The zero-order valence-corrected chi connectivity index (χ0v) is 13.4. The molecule has 1 fully saturated rings. The van der Waals surface area contributed by atoms with Gasteiger partial charge in [-0.1, -0.05) is 32.9 Å². The minimum atomic E-state index is -0.935. The summed E-state index contributed by atoms with van der Waals surface area (Å²) in [5, 5.41) is 18.9. The summed E-state index contributed by atoms with van der Waals surface area (Å²) in [6.07, 6.45) is 0.501. The normalized spacial score (nSPS) is 21.6. The first-order valence-corrected chi connectivity index (χ1v) is 7.37. The summed E-state index contributed by atoms with van der Waals surface area (Å²) in [7, 11) is 0. The van der Waals surface area contributed by atoms with Crippen LogP contribution in [0.2, 0.25) is 0 Å². The molecule has 7 nitrogen and oxygen atoms in total. The molecule has 3 N–H and O–H groups in total. The van der Waals surface area contributed by atoms with E-state index in [2.05, 4.69) is 15.8 Å². The highest BCUT2D eigenvalue weighted by molar-refractivity contribution is 5.76. The number of aliphatic carboxylic acids is 1. The average molecular weight is 309 g/mol. The predicted octanol–water partition coefficient (Wildman–Crippen LogP) is 1.78. The lowest BCUT2D eigenvalue weighted by molar-refractivity contribution is -0.138. The predicted molar refractivity (Wildman–Crippen MR) is 79.7 cm³/mol. The lowest BCUT2D eigenvalue weighted by Crippen LogP contribution is -2.57. The zero-order valence-electron chi connectivity index (χ0n) is 13.4. The fraction of sp³-hybridized carbons (Fsp3) is 0.667. The van der Waals surface area contributed by atoms with Crippen LogP contribution in [0.15, 0.2) is 10.6 Å². The van der Waals surface area contributed by atoms with Gasteiger partial charge in [-0.25, -0.2) is 4.79 Å². The van der Waals surface area contributed by atoms with Gasteiger partial charge in [-0.3, -0.25) is 4.79 Å². The number of amides is 2. The molecular formula is C15H23N3O4. The number of urea groups is 1. The van der Waals surface area contributed by atoms with Gasteiger partial charge in [-0.15, -0.1) is 0 Å². The van der Waals surface area contributed by atoms with Crippen molar-refractivity contribution in [1.29, 1.82) is 0 Å². The molecular weight excluding hydrogens is 286 g/mol. The second-order valence-electron chi connectivity index (χ2n) is 7.06. The maximum Gasteiger partial charge on any atom is 0.315 e. The minimum absolute atomic E-state index is 0.131. The van der Waals surface area contributed by atoms with Crippen molar-refractivity contribution in [3.8, 4) is 0 Å². The highest BCUT2D eigenvalue weighted by Crippen LogP contribution is 2.35. The summed E-state index contributed by atoms with van der Waals surface area (Å²) >= 11 is 0. The molecule has 1 aromatic heterocycles. The van der Waals surface area contributed by atoms with E-state index in [9.17, 15) is 14.7 Å². The maximum atomic E-state index is 11.6. The Balaban J connectivity index is 2.38. The van der Waals surface area contributed by atoms with E-state index in [-0.39, 0.29) is 23.9 Å². The van der Waals surface area contributed by atoms with E-state index in [0.29, 0.717) is 24.4 Å². The van der Waals surface area contributed by atoms with E-state index < -0.39 is 11.4 Å². The van der Waals surface area contributed by atoms with Gasteiger partial charge in [0.25, 0.3) is 0 Å². The molecule has 1 aromatic rings. The van der Waals surface area contributed by atoms with E-state index in [1.165, 1.54) is 0 Å². The van der Waals surface area contributed by atoms with E-state index in [1.54, 1.807) is 6.07 Å². The van der Waals surface area contributed by atoms with Crippen LogP contribution in [0.4, 0.5) is 4.79 Å². The fourth-order valence-electron chi connectivity index (χ4n) is 2.69. The number of carboxylic acid groups (broad SMARTS) is 1. The molecule has 0 radical (unpaired) electrons. The van der Waals surface area contributed by atoms with Gasteiger partial charge in [0.1, 0.15) is 5.76 Å². The molecule has 1 saturated heterocycles. The molecule has 0 aliphatic carbocycles. The summed E-state index contributed by atoms with van der Waals surface area (Å²) in [6.45, 7) is 8.31. The molecule has 0 aromatic carbocycles. The lowest BCUT2D eigenvalue weighted by atomic mass is 9.74. The number of hydrogen-bond acceptors (Lipinski definition) is 4. The quantitative estimate of drug-likeness (QED) is 0.786. The number of aromatic nitrogens is 1. The first-order valence-electron chi connectivity index (χ1n) is 7.37. The third-order valence-corrected chi connectivity index (χ3v) is 4.15. The van der Waals surface area contributed by atoms with Crippen molar-refractivity contribution in [2.45, 2.75) is 57.4 Å². The fourth-order valence-corrected chi connectivity index (χ4v) is 2.69. The van der Waals surface area contributed by atoms with Gasteiger partial charge >= 0.3 is 12.0 Å². The SMILES string of the molecule is CC(C)(C)c1cc(C(C)(CC(=O)O)C2CCNC(=O)N2)no1. The number of nitrogens with zero attached hydrogens (tertiary/aromatic N) is 1. The van der Waals surface area contributed by atoms with Crippen LogP contribution < -0.4 is 10.6 Å². The lowest BCUT2D eigenvalue weighted by Gasteiger charge is -2.38. The van der Waals surface area contributed by atoms with Crippen molar-refractivity contribution in [2.24, 2.45) is 0 Å². The molecule has 2 heterocycles. The maximum absolute atomic E-state index is 11.6. The Morgan fingerprint density at radius 1 is 1.45 bits per heavy atom. The van der Waals surface area contributed by atoms with Crippen LogP contribution in [-0.4, -0.2) is 34.9 Å². The summed E-state index contributed by atoms with van der Waals surface area (Å²) in [5.74, 6) is -0.241. The molecule has 1 aliphatic heterocycles. The standard InChI is InChI=1S/C15H23N3O4/c1-14(2,3)11-7-10(18-22-11)15(4,8-12(19)20)9-5-6-16-13(21)17-9/h7,9H,5-6,8H2,1-4H3,(H,19,20)(H2,16,17,21). The summed E-state index contributed by atoms with van der Waals surface area (Å²) in [6, 6.07) is 1.21. The average Bonchev–Trinajstić information content (AvgIpc) is 2.87. The van der Waals surface area contributed by atoms with Crippen LogP contribution in [0, 0.1) is 0 Å². The number of carboxylic acids is 1. The third kappa shape index (κ3) is 3.23. The molecule has 0 spiro atoms. The summed E-state index contributed by atoms with van der Waals surface area (Å²) in [5.41, 5.74) is -0.476. The second kappa shape index (κ2) is 5.62. The van der Waals surface area contributed by atoms with Gasteiger partial charge in [-0.05, 0) is 6.42 Å². The Morgan fingerprint density at radius 3 is 2.64 bits per heavy atom. The zero-order chi connectivity index (χ0) is 16.5. The van der Waals surface area contributed by atoms with Crippen LogP contribution in [0.25, 0.3) is 0 Å². The van der Waals surface area contributed by atoms with Gasteiger partial charge in [-0.2, -0.15) is 0 Å². The van der Waals surface area contributed by atoms with E-state index >= 15 is 0 Å². The Kier molecular flexibility index (Phi) is 4.17. The van der Waals surface area contributed by atoms with Crippen LogP contribution in [-0.2, 0) is 15.6 Å². The number of hydrogen-bond donors (Lipinski definition) is 3. The Labute approximate surface area is 129 Å². The third-order valence-electron chi connectivity index (χ3n) is 4.15. The summed E-state index contributed by atoms with van der Waals surface area (Å²) < 4.78 is 5.40. The molecule has 1 aliphatic rings. The Hall–Kier alpha value is -2.05. The van der Waals surface area contributed by atoms with Crippen molar-refractivity contribution >= 4 is 12.0 Å². The van der Waals surface area contributed by atoms with Gasteiger partial charge in [0.2, 0.25) is 0 Å². The van der Waals surface area contributed by atoms with Crippen molar-refractivity contribution in [3.05, 3.63) is 17.5 Å². The highest BCUT2D eigenvalue weighted by Gasteiger charge is 2.43. The molecule has 2 rings (SSSR count). The molecule has 2 atom stereocenters. The summed E-state index contributed by atoms with van der Waals surface area (Å²) in [4.78, 5) is 22.9. The van der Waals surface area contributed by atoms with Gasteiger partial charge < -0.3 is 20.3 Å². The molecule has 0 saturated carbocycles. The van der Waals surface area contributed by atoms with E-state index in [0.717, 1.165) is 0 Å².